The largest absolute Gasteiger partial charge is 0.0799 e. The fourth-order valence-corrected chi connectivity index (χ4v) is 4.67. The van der Waals surface area contributed by atoms with Crippen LogP contribution in [-0.2, 0) is 0 Å². The molecule has 2 rings (SSSR count). The van der Waals surface area contributed by atoms with Crippen molar-refractivity contribution in [3.05, 3.63) is 0 Å². The predicted octanol–water partition coefficient (Wildman–Crippen LogP) is 5.33. The van der Waals surface area contributed by atoms with E-state index in [-0.39, 0.29) is 0 Å². The first-order valence-corrected chi connectivity index (χ1v) is 8.72. The minimum absolute atomic E-state index is 0.385. The first-order chi connectivity index (χ1) is 8.97. The van der Waals surface area contributed by atoms with Crippen molar-refractivity contribution in [3.63, 3.8) is 0 Å². The first kappa shape index (κ1) is 15.5. The second-order valence-corrected chi connectivity index (χ2v) is 7.82. The van der Waals surface area contributed by atoms with Crippen molar-refractivity contribution in [2.75, 3.05) is 0 Å². The van der Waals surface area contributed by atoms with Gasteiger partial charge in [-0.05, 0) is 54.3 Å². The van der Waals surface area contributed by atoms with E-state index < -0.39 is 0 Å². The van der Waals surface area contributed by atoms with Gasteiger partial charge in [0.05, 0.1) is 7.85 Å². The summed E-state index contributed by atoms with van der Waals surface area (Å²) in [5, 5.41) is 0. The van der Waals surface area contributed by atoms with Crippen molar-refractivity contribution in [3.8, 4) is 0 Å². The van der Waals surface area contributed by atoms with Crippen LogP contribution < -0.4 is 0 Å². The molecule has 0 heterocycles. The van der Waals surface area contributed by atoms with E-state index in [9.17, 15) is 0 Å². The molecule has 0 saturated heterocycles. The van der Waals surface area contributed by atoms with Crippen molar-refractivity contribution in [2.24, 2.45) is 41.4 Å². The third-order valence-corrected chi connectivity index (χ3v) is 6.27. The van der Waals surface area contributed by atoms with Crippen LogP contribution in [-0.4, -0.2) is 7.85 Å². The summed E-state index contributed by atoms with van der Waals surface area (Å²) in [4.78, 5) is 0. The highest BCUT2D eigenvalue weighted by molar-refractivity contribution is 6.11. The van der Waals surface area contributed by atoms with Crippen LogP contribution in [0, 0.1) is 41.4 Å². The Morgan fingerprint density at radius 2 is 1.79 bits per heavy atom. The van der Waals surface area contributed by atoms with E-state index in [0.717, 1.165) is 41.4 Å². The predicted molar refractivity (Wildman–Crippen MR) is 85.4 cm³/mol. The molecule has 108 valence electrons. The standard InChI is InChI=1S/C18H33B/c1-6-7-16(13(4)12(3)15-8-9-15)18-14(5)17(18)10-11(2)19/h11-18H,6-10H2,1-5H3. The van der Waals surface area contributed by atoms with Crippen molar-refractivity contribution in [1.82, 2.24) is 0 Å². The Morgan fingerprint density at radius 3 is 2.26 bits per heavy atom. The van der Waals surface area contributed by atoms with Gasteiger partial charge in [0.25, 0.3) is 0 Å². The van der Waals surface area contributed by atoms with Gasteiger partial charge in [-0.15, -0.1) is 0 Å². The summed E-state index contributed by atoms with van der Waals surface area (Å²) < 4.78 is 0. The van der Waals surface area contributed by atoms with Gasteiger partial charge in [-0.25, -0.2) is 0 Å². The highest BCUT2D eigenvalue weighted by atomic mass is 14.6. The maximum atomic E-state index is 6.03. The normalized spacial score (nSPS) is 36.6. The lowest BCUT2D eigenvalue weighted by Crippen LogP contribution is -2.23. The molecule has 2 fully saturated rings. The van der Waals surface area contributed by atoms with E-state index in [1.54, 1.807) is 0 Å². The second kappa shape index (κ2) is 6.23. The van der Waals surface area contributed by atoms with Crippen LogP contribution >= 0.6 is 0 Å². The van der Waals surface area contributed by atoms with Crippen molar-refractivity contribution < 1.29 is 0 Å². The molecule has 2 saturated carbocycles. The topological polar surface area (TPSA) is 0 Å². The monoisotopic (exact) mass is 260 g/mol. The van der Waals surface area contributed by atoms with Crippen LogP contribution in [0.1, 0.15) is 66.7 Å². The van der Waals surface area contributed by atoms with Crippen LogP contribution in [0.3, 0.4) is 0 Å². The number of hydrogen-bond acceptors (Lipinski definition) is 0. The summed E-state index contributed by atoms with van der Waals surface area (Å²) >= 11 is 0. The van der Waals surface area contributed by atoms with E-state index in [1.807, 2.05) is 0 Å². The smallest absolute Gasteiger partial charge is 0.0695 e. The van der Waals surface area contributed by atoms with Gasteiger partial charge in [-0.1, -0.05) is 59.7 Å². The molecule has 2 radical (unpaired) electrons. The van der Waals surface area contributed by atoms with Gasteiger partial charge < -0.3 is 0 Å². The molecule has 1 heteroatoms. The van der Waals surface area contributed by atoms with Crippen molar-refractivity contribution in [2.45, 2.75) is 72.5 Å². The van der Waals surface area contributed by atoms with Gasteiger partial charge in [-0.2, -0.15) is 0 Å². The van der Waals surface area contributed by atoms with Gasteiger partial charge in [0.2, 0.25) is 0 Å². The lowest BCUT2D eigenvalue weighted by Gasteiger charge is -2.30. The third-order valence-electron chi connectivity index (χ3n) is 6.27. The molecule has 7 unspecified atom stereocenters. The van der Waals surface area contributed by atoms with Gasteiger partial charge in [0, 0.05) is 0 Å². The zero-order chi connectivity index (χ0) is 14.2. The second-order valence-electron chi connectivity index (χ2n) is 7.82. The minimum Gasteiger partial charge on any atom is -0.0799 e. The summed E-state index contributed by atoms with van der Waals surface area (Å²) in [6.07, 6.45) is 7.02. The molecule has 0 aromatic heterocycles. The lowest BCUT2D eigenvalue weighted by atomic mass is 9.75. The zero-order valence-corrected chi connectivity index (χ0v) is 13.7. The Balaban J connectivity index is 1.95. The van der Waals surface area contributed by atoms with Crippen LogP contribution in [0.4, 0.5) is 0 Å². The van der Waals surface area contributed by atoms with Gasteiger partial charge in [-0.3, -0.25) is 0 Å². The summed E-state index contributed by atoms with van der Waals surface area (Å²) in [6, 6.07) is 0. The highest BCUT2D eigenvalue weighted by Crippen LogP contribution is 2.58. The van der Waals surface area contributed by atoms with E-state index in [2.05, 4.69) is 34.6 Å². The van der Waals surface area contributed by atoms with E-state index in [0.29, 0.717) is 5.82 Å². The van der Waals surface area contributed by atoms with E-state index >= 15 is 0 Å². The maximum absolute atomic E-state index is 6.03. The van der Waals surface area contributed by atoms with Crippen molar-refractivity contribution >= 4 is 7.85 Å². The third kappa shape index (κ3) is 3.58. The van der Waals surface area contributed by atoms with Crippen LogP contribution in [0.2, 0.25) is 5.82 Å². The summed E-state index contributed by atoms with van der Waals surface area (Å²) in [7, 11) is 6.03. The average molecular weight is 260 g/mol. The molecular formula is C18H33B. The fourth-order valence-electron chi connectivity index (χ4n) is 4.67. The average Bonchev–Trinajstić information content (AvgIpc) is 3.25. The highest BCUT2D eigenvalue weighted by Gasteiger charge is 2.52. The van der Waals surface area contributed by atoms with Crippen LogP contribution in [0.25, 0.3) is 0 Å². The molecule has 7 atom stereocenters. The van der Waals surface area contributed by atoms with Crippen LogP contribution in [0.5, 0.6) is 0 Å². The molecule has 0 amide bonds. The fraction of sp³-hybridized carbons (Fsp3) is 1.00. The van der Waals surface area contributed by atoms with E-state index in [4.69, 9.17) is 7.85 Å². The molecule has 0 nitrogen and oxygen atoms in total. The molecular weight excluding hydrogens is 227 g/mol. The number of rotatable bonds is 8. The molecule has 0 aromatic carbocycles. The summed E-state index contributed by atoms with van der Waals surface area (Å²) in [6.45, 7) is 12.0. The van der Waals surface area contributed by atoms with Gasteiger partial charge >= 0.3 is 0 Å². The Bertz CT molecular complexity index is 281. The maximum Gasteiger partial charge on any atom is 0.0695 e. The Kier molecular flexibility index (Phi) is 5.07. The van der Waals surface area contributed by atoms with Gasteiger partial charge in [0.15, 0.2) is 0 Å². The molecule has 0 aromatic rings. The minimum atomic E-state index is 0.385. The Hall–Kier alpha value is 0.0649. The lowest BCUT2D eigenvalue weighted by molar-refractivity contribution is 0.191. The Labute approximate surface area is 122 Å². The molecule has 2 aliphatic carbocycles. The molecule has 0 N–H and O–H groups in total. The Morgan fingerprint density at radius 1 is 1.16 bits per heavy atom. The van der Waals surface area contributed by atoms with Crippen molar-refractivity contribution in [1.29, 1.82) is 0 Å². The summed E-state index contributed by atoms with van der Waals surface area (Å²) in [5.41, 5.74) is 0. The summed E-state index contributed by atoms with van der Waals surface area (Å²) in [5.74, 6) is 7.08. The quantitative estimate of drug-likeness (QED) is 0.517. The molecule has 0 spiro atoms. The molecule has 2 aliphatic rings. The molecule has 0 aliphatic heterocycles. The van der Waals surface area contributed by atoms with Crippen LogP contribution in [0.15, 0.2) is 0 Å². The van der Waals surface area contributed by atoms with E-state index in [1.165, 1.54) is 32.1 Å². The first-order valence-electron chi connectivity index (χ1n) is 8.72. The SMILES string of the molecule is [B]C(C)CC1C(C)C1C(CCC)C(C)C(C)C1CC1. The molecule has 0 bridgehead atoms. The zero-order valence-electron chi connectivity index (χ0n) is 13.7. The van der Waals surface area contributed by atoms with Gasteiger partial charge in [0.1, 0.15) is 0 Å². The molecule has 19 heavy (non-hydrogen) atoms. The number of hydrogen-bond donors (Lipinski definition) is 0.